The van der Waals surface area contributed by atoms with Gasteiger partial charge in [-0.1, -0.05) is 57.6 Å². The lowest BCUT2D eigenvalue weighted by molar-refractivity contribution is -0.137. The Morgan fingerprint density at radius 1 is 0.971 bits per heavy atom. The Bertz CT molecular complexity index is 855. The van der Waals surface area contributed by atoms with Gasteiger partial charge in [-0.25, -0.2) is 9.78 Å². The molecular weight excluding hydrogens is 428 g/mol. The fourth-order valence-electron chi connectivity index (χ4n) is 3.67. The summed E-state index contributed by atoms with van der Waals surface area (Å²) in [6.07, 6.45) is 13.9. The molecule has 2 aromatic rings. The monoisotopic (exact) mass is 468 g/mol. The number of carbonyl (C=O) groups is 1. The van der Waals surface area contributed by atoms with Crippen LogP contribution in [0.1, 0.15) is 64.4 Å². The van der Waals surface area contributed by atoms with Gasteiger partial charge in [-0.05, 0) is 49.2 Å². The van der Waals surface area contributed by atoms with Crippen molar-refractivity contribution in [3.63, 3.8) is 0 Å². The maximum atomic E-state index is 11.6. The van der Waals surface area contributed by atoms with Gasteiger partial charge >= 0.3 is 5.97 Å². The smallest absolute Gasteiger partial charge is 0.330 e. The number of rotatable bonds is 17. The highest BCUT2D eigenvalue weighted by atomic mass is 16.5. The minimum atomic E-state index is -0.364. The van der Waals surface area contributed by atoms with Gasteiger partial charge in [0.1, 0.15) is 12.4 Å². The molecule has 34 heavy (non-hydrogen) atoms. The molecule has 0 radical (unpaired) electrons. The van der Waals surface area contributed by atoms with E-state index in [4.69, 9.17) is 14.2 Å². The summed E-state index contributed by atoms with van der Waals surface area (Å²) in [4.78, 5) is 18.4. The van der Waals surface area contributed by atoms with E-state index in [-0.39, 0.29) is 5.97 Å². The number of benzene rings is 1. The first-order chi connectivity index (χ1) is 16.7. The van der Waals surface area contributed by atoms with Gasteiger partial charge in [-0.15, -0.1) is 0 Å². The van der Waals surface area contributed by atoms with Gasteiger partial charge in [0, 0.05) is 18.8 Å². The molecule has 2 rings (SSSR count). The minimum Gasteiger partial charge on any atom is -0.493 e. The molecule has 0 fully saturated rings. The first kappa shape index (κ1) is 27.2. The topological polar surface area (TPSA) is 60.9 Å². The first-order valence-electron chi connectivity index (χ1n) is 12.5. The van der Waals surface area contributed by atoms with E-state index in [1.807, 2.05) is 42.6 Å². The molecule has 0 saturated heterocycles. The number of esters is 1. The predicted molar refractivity (Wildman–Crippen MR) is 139 cm³/mol. The van der Waals surface area contributed by atoms with Crippen LogP contribution in [0.5, 0.6) is 11.5 Å². The largest absolute Gasteiger partial charge is 0.493 e. The van der Waals surface area contributed by atoms with E-state index in [0.717, 1.165) is 30.9 Å². The third-order valence-corrected chi connectivity index (χ3v) is 5.51. The fraction of sp³-hybridized carbons (Fsp3) is 0.500. The molecule has 0 aliphatic heterocycles. The lowest BCUT2D eigenvalue weighted by Crippen LogP contribution is -2.30. The summed E-state index contributed by atoms with van der Waals surface area (Å²) in [5.74, 6) is 1.91. The van der Waals surface area contributed by atoms with Gasteiger partial charge in [-0.3, -0.25) is 0 Å². The van der Waals surface area contributed by atoms with Crippen LogP contribution < -0.4 is 14.4 Å². The first-order valence-corrected chi connectivity index (χ1v) is 12.5. The van der Waals surface area contributed by atoms with Crippen molar-refractivity contribution in [2.45, 2.75) is 58.8 Å². The van der Waals surface area contributed by atoms with Crippen molar-refractivity contribution in [3.8, 4) is 11.5 Å². The molecule has 0 unspecified atom stereocenters. The molecule has 0 saturated carbocycles. The Balaban J connectivity index is 1.93. The maximum absolute atomic E-state index is 11.6. The molecule has 0 amide bonds. The minimum absolute atomic E-state index is 0.353. The van der Waals surface area contributed by atoms with Crippen molar-refractivity contribution >= 4 is 17.9 Å². The van der Waals surface area contributed by atoms with E-state index in [9.17, 15) is 4.79 Å². The van der Waals surface area contributed by atoms with Crippen molar-refractivity contribution in [1.82, 2.24) is 4.98 Å². The Kier molecular flexibility index (Phi) is 13.3. The molecule has 0 atom stereocenters. The van der Waals surface area contributed by atoms with Crippen LogP contribution in [-0.4, -0.2) is 44.4 Å². The van der Waals surface area contributed by atoms with Crippen molar-refractivity contribution < 1.29 is 19.0 Å². The summed E-state index contributed by atoms with van der Waals surface area (Å²) in [5.41, 5.74) is 0.841. The SMILES string of the molecule is CCCCCCCCCN(CCOc1cc(/C=C/C(=O)OCC)ccc1OC)c1ccccn1. The van der Waals surface area contributed by atoms with E-state index < -0.39 is 0 Å². The van der Waals surface area contributed by atoms with Crippen molar-refractivity contribution in [3.05, 3.63) is 54.2 Å². The van der Waals surface area contributed by atoms with E-state index in [0.29, 0.717) is 24.7 Å². The number of ether oxygens (including phenoxy) is 3. The third kappa shape index (κ3) is 10.3. The molecule has 0 bridgehead atoms. The zero-order valence-electron chi connectivity index (χ0n) is 21.0. The summed E-state index contributed by atoms with van der Waals surface area (Å²) in [7, 11) is 1.62. The average Bonchev–Trinajstić information content (AvgIpc) is 2.86. The van der Waals surface area contributed by atoms with Crippen LogP contribution in [0.15, 0.2) is 48.7 Å². The van der Waals surface area contributed by atoms with Crippen LogP contribution >= 0.6 is 0 Å². The second-order valence-electron chi connectivity index (χ2n) is 8.14. The molecule has 1 aromatic carbocycles. The number of unbranched alkanes of at least 4 members (excludes halogenated alkanes) is 6. The van der Waals surface area contributed by atoms with Crippen LogP contribution in [-0.2, 0) is 9.53 Å². The summed E-state index contributed by atoms with van der Waals surface area (Å²) >= 11 is 0. The standard InChI is InChI=1S/C28H40N2O4/c1-4-6-7-8-9-10-13-20-30(27-14-11-12-19-29-27)21-22-34-26-23-24(15-17-25(26)32-3)16-18-28(31)33-5-2/h11-12,14-19,23H,4-10,13,20-22H2,1-3H3/b18-16+. The summed E-state index contributed by atoms with van der Waals surface area (Å²) in [6, 6.07) is 11.6. The van der Waals surface area contributed by atoms with E-state index in [2.05, 4.69) is 16.8 Å². The summed E-state index contributed by atoms with van der Waals surface area (Å²) < 4.78 is 16.5. The molecule has 0 spiro atoms. The van der Waals surface area contributed by atoms with Gasteiger partial charge in [0.15, 0.2) is 11.5 Å². The Morgan fingerprint density at radius 3 is 2.47 bits per heavy atom. The van der Waals surface area contributed by atoms with E-state index in [1.165, 1.54) is 44.6 Å². The second kappa shape index (κ2) is 16.6. The van der Waals surface area contributed by atoms with Gasteiger partial charge < -0.3 is 19.1 Å². The molecule has 0 aliphatic carbocycles. The quantitative estimate of drug-likeness (QED) is 0.154. The summed E-state index contributed by atoms with van der Waals surface area (Å²) in [6.45, 7) is 6.55. The lowest BCUT2D eigenvalue weighted by Gasteiger charge is -2.24. The number of pyridine rings is 1. The van der Waals surface area contributed by atoms with Crippen molar-refractivity contribution in [1.29, 1.82) is 0 Å². The molecule has 186 valence electrons. The van der Waals surface area contributed by atoms with Crippen LogP contribution in [0.2, 0.25) is 0 Å². The molecule has 1 aromatic heterocycles. The van der Waals surface area contributed by atoms with Crippen LogP contribution in [0.4, 0.5) is 5.82 Å². The lowest BCUT2D eigenvalue weighted by atomic mass is 10.1. The Hall–Kier alpha value is -3.02. The van der Waals surface area contributed by atoms with Crippen LogP contribution in [0.25, 0.3) is 6.08 Å². The molecule has 0 N–H and O–H groups in total. The number of hydrogen-bond acceptors (Lipinski definition) is 6. The highest BCUT2D eigenvalue weighted by Gasteiger charge is 2.10. The fourth-order valence-corrected chi connectivity index (χ4v) is 3.67. The Morgan fingerprint density at radius 2 is 1.76 bits per heavy atom. The van der Waals surface area contributed by atoms with E-state index in [1.54, 1.807) is 20.1 Å². The normalized spacial score (nSPS) is 10.9. The zero-order valence-corrected chi connectivity index (χ0v) is 21.0. The highest BCUT2D eigenvalue weighted by Crippen LogP contribution is 2.28. The van der Waals surface area contributed by atoms with E-state index >= 15 is 0 Å². The molecule has 1 heterocycles. The van der Waals surface area contributed by atoms with Crippen molar-refractivity contribution in [2.24, 2.45) is 0 Å². The number of methoxy groups -OCH3 is 1. The number of anilines is 1. The molecule has 6 nitrogen and oxygen atoms in total. The number of hydrogen-bond donors (Lipinski definition) is 0. The zero-order chi connectivity index (χ0) is 24.4. The maximum Gasteiger partial charge on any atom is 0.330 e. The number of aromatic nitrogens is 1. The number of nitrogens with zero attached hydrogens (tertiary/aromatic N) is 2. The second-order valence-corrected chi connectivity index (χ2v) is 8.14. The number of carbonyl (C=O) groups excluding carboxylic acids is 1. The van der Waals surface area contributed by atoms with Gasteiger partial charge in [0.2, 0.25) is 0 Å². The molecule has 6 heteroatoms. The van der Waals surface area contributed by atoms with Crippen molar-refractivity contribution in [2.75, 3.05) is 38.3 Å². The molecule has 0 aliphatic rings. The van der Waals surface area contributed by atoms with Crippen LogP contribution in [0, 0.1) is 0 Å². The van der Waals surface area contributed by atoms with Gasteiger partial charge in [-0.2, -0.15) is 0 Å². The Labute approximate surface area is 204 Å². The van der Waals surface area contributed by atoms with Crippen LogP contribution in [0.3, 0.4) is 0 Å². The average molecular weight is 469 g/mol. The predicted octanol–water partition coefficient (Wildman–Crippen LogP) is 6.30. The summed E-state index contributed by atoms with van der Waals surface area (Å²) in [5, 5.41) is 0. The third-order valence-electron chi connectivity index (χ3n) is 5.51. The highest BCUT2D eigenvalue weighted by molar-refractivity contribution is 5.87. The van der Waals surface area contributed by atoms with Gasteiger partial charge in [0.25, 0.3) is 0 Å². The van der Waals surface area contributed by atoms with Gasteiger partial charge in [0.05, 0.1) is 20.3 Å². The molecular formula is C28H40N2O4.